The Morgan fingerprint density at radius 2 is 0.481 bits per heavy atom. The van der Waals surface area contributed by atoms with Gasteiger partial charge in [-0.05, 0) is 167 Å². The molecule has 0 aliphatic rings. The van der Waals surface area contributed by atoms with Crippen LogP contribution in [0.5, 0.6) is 0 Å². The van der Waals surface area contributed by atoms with Crippen LogP contribution in [0.4, 0.5) is 0 Å². The molecule has 0 amide bonds. The summed E-state index contributed by atoms with van der Waals surface area (Å²) >= 11 is 0. The molecule has 0 aromatic carbocycles. The van der Waals surface area contributed by atoms with Gasteiger partial charge in [0.25, 0.3) is 0 Å². The maximum absolute atomic E-state index is 13.1. The van der Waals surface area contributed by atoms with Crippen LogP contribution in [0.3, 0.4) is 0 Å². The highest BCUT2D eigenvalue weighted by molar-refractivity contribution is 7.47. The van der Waals surface area contributed by atoms with Gasteiger partial charge >= 0.3 is 39.5 Å². The number of hydrogen-bond acceptors (Lipinski definition) is 15. The molecule has 0 heterocycles. The number of phosphoric ester groups is 2. The van der Waals surface area contributed by atoms with E-state index in [0.717, 1.165) is 141 Å². The Hall–Kier alpha value is -5.06. The van der Waals surface area contributed by atoms with Gasteiger partial charge in [0.05, 0.1) is 26.4 Å². The number of allylic oxidation sites excluding steroid dienone is 24. The third-order valence-electron chi connectivity index (χ3n) is 16.2. The van der Waals surface area contributed by atoms with Crippen LogP contribution in [-0.4, -0.2) is 96.7 Å². The van der Waals surface area contributed by atoms with Gasteiger partial charge in [-0.15, -0.1) is 0 Å². The van der Waals surface area contributed by atoms with Crippen molar-refractivity contribution < 1.29 is 80.2 Å². The zero-order valence-corrected chi connectivity index (χ0v) is 66.7. The largest absolute Gasteiger partial charge is 0.472 e. The number of esters is 4. The molecule has 0 aliphatic heterocycles. The first-order chi connectivity index (χ1) is 50.7. The van der Waals surface area contributed by atoms with Gasteiger partial charge in [0.1, 0.15) is 19.3 Å². The van der Waals surface area contributed by atoms with Crippen LogP contribution in [0, 0.1) is 0 Å². The monoisotopic (exact) mass is 1500 g/mol. The molecule has 0 aliphatic carbocycles. The molecule has 594 valence electrons. The summed E-state index contributed by atoms with van der Waals surface area (Å²) in [6.07, 6.45) is 86.9. The van der Waals surface area contributed by atoms with Gasteiger partial charge in [-0.25, -0.2) is 9.13 Å². The van der Waals surface area contributed by atoms with Crippen LogP contribution in [0.1, 0.15) is 310 Å². The second-order valence-electron chi connectivity index (χ2n) is 26.3. The predicted octanol–water partition coefficient (Wildman–Crippen LogP) is 23.4. The Labute approximate surface area is 630 Å². The number of aliphatic hydroxyl groups excluding tert-OH is 1. The maximum Gasteiger partial charge on any atom is 0.472 e. The Kier molecular flexibility index (Phi) is 72.4. The topological polar surface area (TPSA) is 237 Å². The average Bonchev–Trinajstić information content (AvgIpc) is 0.909. The summed E-state index contributed by atoms with van der Waals surface area (Å²) in [6.45, 7) is 4.61. The van der Waals surface area contributed by atoms with Crippen molar-refractivity contribution in [3.63, 3.8) is 0 Å². The predicted molar refractivity (Wildman–Crippen MR) is 427 cm³/mol. The summed E-state index contributed by atoms with van der Waals surface area (Å²) in [5, 5.41) is 10.6. The Morgan fingerprint density at radius 3 is 0.769 bits per heavy atom. The number of aliphatic hydroxyl groups is 1. The first-order valence-corrected chi connectivity index (χ1v) is 43.1. The van der Waals surface area contributed by atoms with E-state index in [9.17, 15) is 43.2 Å². The molecule has 0 aromatic rings. The second-order valence-corrected chi connectivity index (χ2v) is 29.2. The molecular weight excluding hydrogens is 1350 g/mol. The van der Waals surface area contributed by atoms with E-state index in [-0.39, 0.29) is 25.7 Å². The zero-order valence-electron chi connectivity index (χ0n) is 64.9. The maximum atomic E-state index is 13.1. The zero-order chi connectivity index (χ0) is 76.0. The van der Waals surface area contributed by atoms with E-state index in [4.69, 9.17) is 37.0 Å². The fourth-order valence-corrected chi connectivity index (χ4v) is 11.7. The van der Waals surface area contributed by atoms with Crippen molar-refractivity contribution in [2.75, 3.05) is 39.6 Å². The second kappa shape index (κ2) is 76.1. The summed E-state index contributed by atoms with van der Waals surface area (Å²) in [5.41, 5.74) is 0. The molecule has 17 nitrogen and oxygen atoms in total. The molecule has 0 fully saturated rings. The summed E-state index contributed by atoms with van der Waals surface area (Å²) < 4.78 is 68.5. The fraction of sp³-hybridized carbons (Fsp3) is 0.671. The van der Waals surface area contributed by atoms with Crippen LogP contribution in [0.2, 0.25) is 0 Å². The number of carbonyl (C=O) groups is 4. The summed E-state index contributed by atoms with van der Waals surface area (Å²) in [5.74, 6) is -2.34. The van der Waals surface area contributed by atoms with Crippen molar-refractivity contribution in [3.8, 4) is 0 Å². The molecule has 0 saturated heterocycles. The molecule has 2 unspecified atom stereocenters. The van der Waals surface area contributed by atoms with E-state index < -0.39 is 97.5 Å². The van der Waals surface area contributed by atoms with Crippen LogP contribution in [-0.2, 0) is 65.4 Å². The van der Waals surface area contributed by atoms with Crippen molar-refractivity contribution in [1.82, 2.24) is 0 Å². The number of ether oxygens (including phenoxy) is 4. The third-order valence-corrected chi connectivity index (χ3v) is 18.1. The quantitative estimate of drug-likeness (QED) is 0.0169. The molecule has 19 heteroatoms. The highest BCUT2D eigenvalue weighted by Crippen LogP contribution is 2.45. The summed E-state index contributed by atoms with van der Waals surface area (Å²) in [7, 11) is -10.0. The average molecular weight is 1500 g/mol. The number of rotatable bonds is 74. The molecule has 5 atom stereocenters. The minimum absolute atomic E-state index is 0.0108. The molecule has 0 aromatic heterocycles. The van der Waals surface area contributed by atoms with Gasteiger partial charge in [0.15, 0.2) is 12.2 Å². The van der Waals surface area contributed by atoms with Crippen molar-refractivity contribution >= 4 is 39.5 Å². The highest BCUT2D eigenvalue weighted by Gasteiger charge is 2.30. The number of carbonyl (C=O) groups excluding carboxylic acids is 4. The number of hydrogen-bond donors (Lipinski definition) is 3. The normalized spacial score (nSPS) is 14.6. The SMILES string of the molecule is CCCCC/C=C\C/C=C\C/C=C\C/C=C\CCCC(=O)OC[C@H](COP(=O)(O)OC[C@H](O)COP(=O)(O)OC[C@@H](COC(=O)CCCCCCC/C=C\C/C=C\CCCCC)OC(=O)CCC/C=C\C/C=C\C/C=C\C/C=C\CCCCC)OC(=O)CCCCCCC/C=C\C/C=C\CCCCC. The van der Waals surface area contributed by atoms with Crippen molar-refractivity contribution in [2.45, 2.75) is 329 Å². The van der Waals surface area contributed by atoms with Gasteiger partial charge < -0.3 is 33.8 Å². The Bertz CT molecular complexity index is 2540. The van der Waals surface area contributed by atoms with E-state index in [1.54, 1.807) is 0 Å². The van der Waals surface area contributed by atoms with E-state index in [0.29, 0.717) is 38.5 Å². The molecule has 0 radical (unpaired) electrons. The van der Waals surface area contributed by atoms with Crippen molar-refractivity contribution in [2.24, 2.45) is 0 Å². The van der Waals surface area contributed by atoms with E-state index in [1.165, 1.54) is 77.0 Å². The first-order valence-electron chi connectivity index (χ1n) is 40.1. The van der Waals surface area contributed by atoms with E-state index >= 15 is 0 Å². The van der Waals surface area contributed by atoms with Gasteiger partial charge in [-0.1, -0.05) is 263 Å². The Balaban J connectivity index is 5.50. The number of phosphoric acid groups is 2. The lowest BCUT2D eigenvalue weighted by molar-refractivity contribution is -0.161. The smallest absolute Gasteiger partial charge is 0.462 e. The number of unbranched alkanes of at least 4 members (excludes halogenated alkanes) is 24. The lowest BCUT2D eigenvalue weighted by atomic mass is 10.1. The minimum atomic E-state index is -5.00. The third kappa shape index (κ3) is 75.2. The van der Waals surface area contributed by atoms with Crippen molar-refractivity contribution in [1.29, 1.82) is 0 Å². The molecule has 104 heavy (non-hydrogen) atoms. The van der Waals surface area contributed by atoms with Crippen molar-refractivity contribution in [3.05, 3.63) is 146 Å². The van der Waals surface area contributed by atoms with Gasteiger partial charge in [0.2, 0.25) is 0 Å². The highest BCUT2D eigenvalue weighted by atomic mass is 31.2. The lowest BCUT2D eigenvalue weighted by Gasteiger charge is -2.21. The van der Waals surface area contributed by atoms with Gasteiger partial charge in [0, 0.05) is 25.7 Å². The van der Waals surface area contributed by atoms with Crippen LogP contribution in [0.25, 0.3) is 0 Å². The molecule has 0 spiro atoms. The molecule has 0 saturated carbocycles. The standard InChI is InChI=1S/C85H142O17P2/c1-5-9-13-17-21-25-29-33-37-39-43-46-50-54-58-62-66-70-83(88)96-76-80(101-84(89)71-67-63-59-55-51-47-42-36-32-28-24-20-16-12-8-4)77-99-103(91,92)97-73-79(86)74-98-104(93,94)100-78-81(75-95-82(87)69-65-61-57-53-49-45-41-35-31-27-23-19-15-11-7-3)102-85(90)72-68-64-60-56-52-48-44-40-38-34-30-26-22-18-14-10-6-2/h21-28,33-38,41-44,46,48,54,56,58,60,79-81,86H,5-20,29-32,39-40,45,47,49-53,55,57,59,61-78H2,1-4H3,(H,91,92)(H,93,94)/b25-21-,26-22-,27-23-,28-24-,37-33-,38-34-,41-35-,42-36-,46-43-,48-44-,58-54-,60-56-/t79-,80+,81+/m0/s1. The molecule has 0 rings (SSSR count). The van der Waals surface area contributed by atoms with Crippen LogP contribution in [0.15, 0.2) is 146 Å². The van der Waals surface area contributed by atoms with Gasteiger partial charge in [-0.2, -0.15) is 0 Å². The molecule has 0 bridgehead atoms. The Morgan fingerprint density at radius 1 is 0.269 bits per heavy atom. The summed E-state index contributed by atoms with van der Waals surface area (Å²) in [4.78, 5) is 73.0. The molecular formula is C85H142O17P2. The minimum Gasteiger partial charge on any atom is -0.462 e. The van der Waals surface area contributed by atoms with Gasteiger partial charge in [-0.3, -0.25) is 37.3 Å². The van der Waals surface area contributed by atoms with Crippen LogP contribution < -0.4 is 0 Å². The first kappa shape index (κ1) is 98.9. The lowest BCUT2D eigenvalue weighted by Crippen LogP contribution is -2.30. The van der Waals surface area contributed by atoms with E-state index in [2.05, 4.69) is 149 Å². The summed E-state index contributed by atoms with van der Waals surface area (Å²) in [6, 6.07) is 0. The fourth-order valence-electron chi connectivity index (χ4n) is 10.1. The van der Waals surface area contributed by atoms with E-state index in [1.807, 2.05) is 24.3 Å². The van der Waals surface area contributed by atoms with Crippen LogP contribution >= 0.6 is 15.6 Å². The molecule has 3 N–H and O–H groups in total.